The molecule has 0 saturated carbocycles. The molecule has 8 heteroatoms. The fraction of sp³-hybridized carbons (Fsp3) is 0.917. The highest BCUT2D eigenvalue weighted by molar-refractivity contribution is 5.85. The Bertz CT molecular complexity index is 348. The fourth-order valence-corrected chi connectivity index (χ4v) is 2.68. The molecule has 0 aliphatic carbocycles. The molecule has 0 aromatic heterocycles. The standard InChI is InChI=1S/C12H19F3N2O2.ClH/c13-12(14,15)11(19)4-6-17(8-11)10(18)2-1-9-3-5-16-7-9;/h9,16,19H,1-8H2;1H. The van der Waals surface area contributed by atoms with Crippen molar-refractivity contribution in [3.05, 3.63) is 0 Å². The Balaban J connectivity index is 0.00000200. The predicted molar refractivity (Wildman–Crippen MR) is 69.7 cm³/mol. The number of hydrogen-bond acceptors (Lipinski definition) is 3. The molecule has 20 heavy (non-hydrogen) atoms. The van der Waals surface area contributed by atoms with Gasteiger partial charge in [-0.25, -0.2) is 0 Å². The Morgan fingerprint density at radius 2 is 2.15 bits per heavy atom. The van der Waals surface area contributed by atoms with Crippen molar-refractivity contribution in [2.24, 2.45) is 5.92 Å². The van der Waals surface area contributed by atoms with Gasteiger partial charge in [0.1, 0.15) is 0 Å². The van der Waals surface area contributed by atoms with E-state index in [9.17, 15) is 23.1 Å². The van der Waals surface area contributed by atoms with E-state index in [1.807, 2.05) is 0 Å². The average molecular weight is 317 g/mol. The second kappa shape index (κ2) is 6.49. The molecule has 2 unspecified atom stereocenters. The molecule has 0 spiro atoms. The average Bonchev–Trinajstić information content (AvgIpc) is 2.94. The van der Waals surface area contributed by atoms with Crippen LogP contribution in [0.25, 0.3) is 0 Å². The first kappa shape index (κ1) is 17.5. The summed E-state index contributed by atoms with van der Waals surface area (Å²) in [5, 5.41) is 12.7. The van der Waals surface area contributed by atoms with E-state index in [-0.39, 0.29) is 31.3 Å². The highest BCUT2D eigenvalue weighted by Crippen LogP contribution is 2.37. The minimum atomic E-state index is -4.67. The second-order valence-corrected chi connectivity index (χ2v) is 5.49. The van der Waals surface area contributed by atoms with E-state index in [0.29, 0.717) is 12.3 Å². The van der Waals surface area contributed by atoms with Gasteiger partial charge in [0.05, 0.1) is 6.54 Å². The number of amides is 1. The largest absolute Gasteiger partial charge is 0.419 e. The Hall–Kier alpha value is -0.530. The van der Waals surface area contributed by atoms with Gasteiger partial charge < -0.3 is 15.3 Å². The van der Waals surface area contributed by atoms with Crippen molar-refractivity contribution in [2.45, 2.75) is 37.5 Å². The summed E-state index contributed by atoms with van der Waals surface area (Å²) >= 11 is 0. The van der Waals surface area contributed by atoms with Crippen molar-refractivity contribution < 1.29 is 23.1 Å². The number of aliphatic hydroxyl groups is 1. The van der Waals surface area contributed by atoms with Gasteiger partial charge in [-0.3, -0.25) is 4.79 Å². The normalized spacial score (nSPS) is 30.4. The van der Waals surface area contributed by atoms with E-state index in [2.05, 4.69) is 5.32 Å². The topological polar surface area (TPSA) is 52.6 Å². The Labute approximate surface area is 122 Å². The summed E-state index contributed by atoms with van der Waals surface area (Å²) in [6.07, 6.45) is -3.11. The number of rotatable bonds is 3. The van der Waals surface area contributed by atoms with Crippen molar-refractivity contribution in [2.75, 3.05) is 26.2 Å². The van der Waals surface area contributed by atoms with Crippen molar-refractivity contribution in [1.29, 1.82) is 0 Å². The fourth-order valence-electron chi connectivity index (χ4n) is 2.68. The van der Waals surface area contributed by atoms with Crippen LogP contribution in [0.15, 0.2) is 0 Å². The van der Waals surface area contributed by atoms with Crippen LogP contribution in [-0.4, -0.2) is 53.9 Å². The Morgan fingerprint density at radius 1 is 1.45 bits per heavy atom. The molecule has 118 valence electrons. The highest BCUT2D eigenvalue weighted by Gasteiger charge is 2.57. The number of hydrogen-bond donors (Lipinski definition) is 2. The molecule has 2 rings (SSSR count). The molecule has 2 aliphatic heterocycles. The lowest BCUT2D eigenvalue weighted by molar-refractivity contribution is -0.253. The van der Waals surface area contributed by atoms with Gasteiger partial charge in [0.2, 0.25) is 5.91 Å². The number of carbonyl (C=O) groups is 1. The maximum atomic E-state index is 12.6. The minimum Gasteiger partial charge on any atom is -0.379 e. The van der Waals surface area contributed by atoms with Gasteiger partial charge in [-0.05, 0) is 31.8 Å². The summed E-state index contributed by atoms with van der Waals surface area (Å²) in [5.74, 6) is 0.153. The molecule has 0 aromatic rings. The molecule has 2 fully saturated rings. The van der Waals surface area contributed by atoms with Crippen molar-refractivity contribution in [3.8, 4) is 0 Å². The summed E-state index contributed by atoms with van der Waals surface area (Å²) in [7, 11) is 0. The van der Waals surface area contributed by atoms with Crippen LogP contribution < -0.4 is 5.32 Å². The third-order valence-electron chi connectivity index (χ3n) is 4.06. The zero-order chi connectivity index (χ0) is 14.1. The van der Waals surface area contributed by atoms with Crippen LogP contribution in [0.3, 0.4) is 0 Å². The summed E-state index contributed by atoms with van der Waals surface area (Å²) in [5.41, 5.74) is -2.72. The molecule has 1 amide bonds. The molecule has 2 heterocycles. The van der Waals surface area contributed by atoms with Crippen molar-refractivity contribution in [1.82, 2.24) is 10.2 Å². The van der Waals surface area contributed by atoms with Crippen LogP contribution in [0.1, 0.15) is 25.7 Å². The van der Waals surface area contributed by atoms with Crippen molar-refractivity contribution in [3.63, 3.8) is 0 Å². The Kier molecular flexibility index (Phi) is 5.69. The smallest absolute Gasteiger partial charge is 0.379 e. The van der Waals surface area contributed by atoms with Gasteiger partial charge >= 0.3 is 6.18 Å². The van der Waals surface area contributed by atoms with Crippen LogP contribution in [0, 0.1) is 5.92 Å². The zero-order valence-electron chi connectivity index (χ0n) is 11.1. The lowest BCUT2D eigenvalue weighted by Gasteiger charge is -2.26. The monoisotopic (exact) mass is 316 g/mol. The SMILES string of the molecule is Cl.O=C(CCC1CCNC1)N1CCC(O)(C(F)(F)F)C1. The number of carbonyl (C=O) groups excluding carboxylic acids is 1. The maximum Gasteiger partial charge on any atom is 0.419 e. The zero-order valence-corrected chi connectivity index (χ0v) is 11.9. The summed E-state index contributed by atoms with van der Waals surface area (Å²) < 4.78 is 37.9. The van der Waals surface area contributed by atoms with Gasteiger partial charge in [-0.2, -0.15) is 13.2 Å². The van der Waals surface area contributed by atoms with Crippen LogP contribution in [0.5, 0.6) is 0 Å². The number of β-amino-alcohol motifs (C(OH)–C–C–N with tert-alkyl or cyclic N) is 1. The van der Waals surface area contributed by atoms with E-state index in [1.54, 1.807) is 0 Å². The molecular weight excluding hydrogens is 297 g/mol. The molecule has 2 aliphatic rings. The highest BCUT2D eigenvalue weighted by atomic mass is 35.5. The first-order chi connectivity index (χ1) is 8.82. The first-order valence-corrected chi connectivity index (χ1v) is 6.59. The molecule has 0 radical (unpaired) electrons. The van der Waals surface area contributed by atoms with E-state index < -0.39 is 24.7 Å². The first-order valence-electron chi connectivity index (χ1n) is 6.59. The third-order valence-corrected chi connectivity index (χ3v) is 4.06. The van der Waals surface area contributed by atoms with Gasteiger partial charge in [0, 0.05) is 19.4 Å². The quantitative estimate of drug-likeness (QED) is 0.826. The van der Waals surface area contributed by atoms with Crippen LogP contribution in [-0.2, 0) is 4.79 Å². The molecule has 0 aromatic carbocycles. The molecule has 0 bridgehead atoms. The van der Waals surface area contributed by atoms with E-state index in [0.717, 1.165) is 24.4 Å². The van der Waals surface area contributed by atoms with Crippen LogP contribution >= 0.6 is 12.4 Å². The van der Waals surface area contributed by atoms with Gasteiger partial charge in [0.15, 0.2) is 5.60 Å². The number of nitrogens with one attached hydrogen (secondary N) is 1. The number of nitrogens with zero attached hydrogens (tertiary/aromatic N) is 1. The minimum absolute atomic E-state index is 0. The summed E-state index contributed by atoms with van der Waals surface area (Å²) in [6, 6.07) is 0. The van der Waals surface area contributed by atoms with E-state index in [4.69, 9.17) is 0 Å². The maximum absolute atomic E-state index is 12.6. The predicted octanol–water partition coefficient (Wildman–Crippen LogP) is 1.32. The molecule has 4 nitrogen and oxygen atoms in total. The molecule has 2 saturated heterocycles. The lowest BCUT2D eigenvalue weighted by atomic mass is 10.0. The van der Waals surface area contributed by atoms with Gasteiger partial charge in [0.25, 0.3) is 0 Å². The second-order valence-electron chi connectivity index (χ2n) is 5.49. The molecular formula is C12H20ClF3N2O2. The Morgan fingerprint density at radius 3 is 2.65 bits per heavy atom. The number of alkyl halides is 3. The number of halogens is 4. The van der Waals surface area contributed by atoms with Crippen LogP contribution in [0.2, 0.25) is 0 Å². The molecule has 2 N–H and O–H groups in total. The van der Waals surface area contributed by atoms with Gasteiger partial charge in [-0.1, -0.05) is 0 Å². The van der Waals surface area contributed by atoms with E-state index >= 15 is 0 Å². The lowest BCUT2D eigenvalue weighted by Crippen LogP contribution is -2.48. The number of likely N-dealkylation sites (tertiary alicyclic amines) is 1. The van der Waals surface area contributed by atoms with Crippen molar-refractivity contribution >= 4 is 18.3 Å². The van der Waals surface area contributed by atoms with E-state index in [1.165, 1.54) is 0 Å². The summed E-state index contributed by atoms with van der Waals surface area (Å²) in [6.45, 7) is 1.17. The van der Waals surface area contributed by atoms with Crippen LogP contribution in [0.4, 0.5) is 13.2 Å². The summed E-state index contributed by atoms with van der Waals surface area (Å²) in [4.78, 5) is 13.0. The third kappa shape index (κ3) is 3.77. The van der Waals surface area contributed by atoms with Gasteiger partial charge in [-0.15, -0.1) is 12.4 Å². The molecule has 2 atom stereocenters.